The smallest absolute Gasteiger partial charge is 0.0438 e. The van der Waals surface area contributed by atoms with Crippen LogP contribution in [0.5, 0.6) is 0 Å². The third-order valence-corrected chi connectivity index (χ3v) is 3.90. The van der Waals surface area contributed by atoms with Gasteiger partial charge < -0.3 is 5.73 Å². The first-order chi connectivity index (χ1) is 7.18. The van der Waals surface area contributed by atoms with Crippen LogP contribution < -0.4 is 5.73 Å². The van der Waals surface area contributed by atoms with Crippen LogP contribution in [0.15, 0.2) is 18.2 Å². The first-order valence-corrected chi connectivity index (χ1v) is 6.08. The molecule has 1 fully saturated rings. The Morgan fingerprint density at radius 3 is 2.50 bits per heavy atom. The van der Waals surface area contributed by atoms with Gasteiger partial charge in [0.1, 0.15) is 0 Å². The molecule has 1 aliphatic rings. The van der Waals surface area contributed by atoms with Gasteiger partial charge in [-0.05, 0) is 42.9 Å². The maximum absolute atomic E-state index is 6.26. The Balaban J connectivity index is 0.00000128. The predicted molar refractivity (Wildman–Crippen MR) is 72.3 cm³/mol. The van der Waals surface area contributed by atoms with E-state index in [4.69, 9.17) is 17.3 Å². The maximum Gasteiger partial charge on any atom is 0.0438 e. The van der Waals surface area contributed by atoms with Gasteiger partial charge in [0.05, 0.1) is 0 Å². The van der Waals surface area contributed by atoms with Gasteiger partial charge in [0.15, 0.2) is 0 Å². The van der Waals surface area contributed by atoms with E-state index in [9.17, 15) is 0 Å². The van der Waals surface area contributed by atoms with Crippen molar-refractivity contribution in [2.75, 3.05) is 0 Å². The van der Waals surface area contributed by atoms with Crippen LogP contribution in [0.3, 0.4) is 0 Å². The molecule has 3 heteroatoms. The van der Waals surface area contributed by atoms with E-state index in [2.05, 4.69) is 12.1 Å². The molecule has 1 aromatic rings. The third kappa shape index (κ3) is 2.91. The average Bonchev–Trinajstić information content (AvgIpc) is 2.74. The molecule has 90 valence electrons. The third-order valence-electron chi connectivity index (χ3n) is 3.49. The molecule has 1 nitrogen and oxygen atoms in total. The Morgan fingerprint density at radius 1 is 1.31 bits per heavy atom. The predicted octanol–water partition coefficient (Wildman–Crippen LogP) is 4.26. The van der Waals surface area contributed by atoms with Crippen molar-refractivity contribution in [1.82, 2.24) is 0 Å². The Kier molecular flexibility index (Phi) is 5.10. The van der Waals surface area contributed by atoms with Crippen LogP contribution in [0, 0.1) is 12.8 Å². The SMILES string of the molecule is Cc1ccc([C@H](N)C2CCCC2)cc1Cl.Cl. The molecule has 0 spiro atoms. The lowest BCUT2D eigenvalue weighted by Crippen LogP contribution is -2.19. The van der Waals surface area contributed by atoms with Crippen molar-refractivity contribution in [2.24, 2.45) is 11.7 Å². The highest BCUT2D eigenvalue weighted by molar-refractivity contribution is 6.31. The largest absolute Gasteiger partial charge is 0.324 e. The zero-order chi connectivity index (χ0) is 10.8. The van der Waals surface area contributed by atoms with E-state index in [0.29, 0.717) is 5.92 Å². The van der Waals surface area contributed by atoms with Gasteiger partial charge in [-0.3, -0.25) is 0 Å². The van der Waals surface area contributed by atoms with Gasteiger partial charge in [0, 0.05) is 11.1 Å². The number of benzene rings is 1. The zero-order valence-corrected chi connectivity index (χ0v) is 11.2. The average molecular weight is 260 g/mol. The lowest BCUT2D eigenvalue weighted by atomic mass is 9.92. The lowest BCUT2D eigenvalue weighted by Gasteiger charge is -2.19. The van der Waals surface area contributed by atoms with Gasteiger partial charge in [-0.1, -0.05) is 36.6 Å². The quantitative estimate of drug-likeness (QED) is 0.844. The molecule has 0 saturated heterocycles. The fourth-order valence-corrected chi connectivity index (χ4v) is 2.59. The van der Waals surface area contributed by atoms with Crippen LogP contribution in [0.4, 0.5) is 0 Å². The van der Waals surface area contributed by atoms with E-state index >= 15 is 0 Å². The summed E-state index contributed by atoms with van der Waals surface area (Å²) in [6.07, 6.45) is 5.20. The monoisotopic (exact) mass is 259 g/mol. The summed E-state index contributed by atoms with van der Waals surface area (Å²) in [5.41, 5.74) is 8.58. The van der Waals surface area contributed by atoms with Crippen molar-refractivity contribution in [1.29, 1.82) is 0 Å². The first kappa shape index (κ1) is 13.8. The highest BCUT2D eigenvalue weighted by Crippen LogP contribution is 2.35. The fourth-order valence-electron chi connectivity index (χ4n) is 2.41. The van der Waals surface area contributed by atoms with Gasteiger partial charge >= 0.3 is 0 Å². The molecule has 1 aromatic carbocycles. The van der Waals surface area contributed by atoms with Crippen molar-refractivity contribution in [3.8, 4) is 0 Å². The molecule has 1 aliphatic carbocycles. The number of hydrogen-bond acceptors (Lipinski definition) is 1. The lowest BCUT2D eigenvalue weighted by molar-refractivity contribution is 0.445. The van der Waals surface area contributed by atoms with Crippen LogP contribution in [0.2, 0.25) is 5.02 Å². The minimum atomic E-state index is 0. The van der Waals surface area contributed by atoms with Crippen LogP contribution in [-0.4, -0.2) is 0 Å². The number of halogens is 2. The molecule has 0 bridgehead atoms. The Labute approximate surface area is 109 Å². The second-order valence-electron chi connectivity index (χ2n) is 4.58. The van der Waals surface area contributed by atoms with Crippen LogP contribution >= 0.6 is 24.0 Å². The first-order valence-electron chi connectivity index (χ1n) is 5.70. The van der Waals surface area contributed by atoms with E-state index in [1.165, 1.54) is 31.2 Å². The number of nitrogens with two attached hydrogens (primary N) is 1. The van der Waals surface area contributed by atoms with E-state index in [0.717, 1.165) is 10.6 Å². The highest BCUT2D eigenvalue weighted by Gasteiger charge is 2.23. The summed E-state index contributed by atoms with van der Waals surface area (Å²) >= 11 is 6.11. The summed E-state index contributed by atoms with van der Waals surface area (Å²) in [5.74, 6) is 0.656. The summed E-state index contributed by atoms with van der Waals surface area (Å²) in [5, 5.41) is 0.834. The van der Waals surface area contributed by atoms with Crippen LogP contribution in [0.25, 0.3) is 0 Å². The van der Waals surface area contributed by atoms with Crippen molar-refractivity contribution in [3.63, 3.8) is 0 Å². The maximum atomic E-state index is 6.26. The van der Waals surface area contributed by atoms with Crippen molar-refractivity contribution >= 4 is 24.0 Å². The molecule has 2 rings (SSSR count). The van der Waals surface area contributed by atoms with Crippen LogP contribution in [0.1, 0.15) is 42.9 Å². The van der Waals surface area contributed by atoms with Crippen molar-refractivity contribution < 1.29 is 0 Å². The number of hydrogen-bond donors (Lipinski definition) is 1. The van der Waals surface area contributed by atoms with E-state index < -0.39 is 0 Å². The highest BCUT2D eigenvalue weighted by atomic mass is 35.5. The molecule has 1 saturated carbocycles. The molecule has 1 atom stereocenters. The summed E-state index contributed by atoms with van der Waals surface area (Å²) in [4.78, 5) is 0. The molecule has 0 heterocycles. The normalized spacial score (nSPS) is 18.2. The topological polar surface area (TPSA) is 26.0 Å². The minimum Gasteiger partial charge on any atom is -0.324 e. The Morgan fingerprint density at radius 2 is 1.94 bits per heavy atom. The van der Waals surface area contributed by atoms with Gasteiger partial charge in [0.25, 0.3) is 0 Å². The molecule has 0 aliphatic heterocycles. The fraction of sp³-hybridized carbons (Fsp3) is 0.538. The van der Waals surface area contributed by atoms with Gasteiger partial charge in [-0.15, -0.1) is 12.4 Å². The molecule has 16 heavy (non-hydrogen) atoms. The molecule has 0 aromatic heterocycles. The molecule has 0 unspecified atom stereocenters. The summed E-state index contributed by atoms with van der Waals surface area (Å²) in [6, 6.07) is 6.38. The van der Waals surface area contributed by atoms with Gasteiger partial charge in [-0.2, -0.15) is 0 Å². The minimum absolute atomic E-state index is 0. The summed E-state index contributed by atoms with van der Waals surface area (Å²) in [6.45, 7) is 2.02. The second kappa shape index (κ2) is 5.90. The van der Waals surface area contributed by atoms with E-state index in [-0.39, 0.29) is 18.4 Å². The van der Waals surface area contributed by atoms with Crippen LogP contribution in [-0.2, 0) is 0 Å². The Hall–Kier alpha value is -0.240. The molecular weight excluding hydrogens is 241 g/mol. The summed E-state index contributed by atoms with van der Waals surface area (Å²) in [7, 11) is 0. The Bertz CT molecular complexity index is 346. The molecule has 0 radical (unpaired) electrons. The summed E-state index contributed by atoms with van der Waals surface area (Å²) < 4.78 is 0. The van der Waals surface area contributed by atoms with E-state index in [1.807, 2.05) is 13.0 Å². The molecular formula is C13H19Cl2N. The standard InChI is InChI=1S/C13H18ClN.ClH/c1-9-6-7-11(8-12(9)14)13(15)10-4-2-3-5-10;/h6-8,10,13H,2-5,15H2,1H3;1H/t13-;/m1./s1. The second-order valence-corrected chi connectivity index (χ2v) is 4.99. The van der Waals surface area contributed by atoms with Gasteiger partial charge in [-0.25, -0.2) is 0 Å². The molecule has 2 N–H and O–H groups in total. The number of aryl methyl sites for hydroxylation is 1. The van der Waals surface area contributed by atoms with Gasteiger partial charge in [0.2, 0.25) is 0 Å². The van der Waals surface area contributed by atoms with Crippen molar-refractivity contribution in [3.05, 3.63) is 34.3 Å². The number of rotatable bonds is 2. The molecule has 0 amide bonds. The van der Waals surface area contributed by atoms with Crippen molar-refractivity contribution in [2.45, 2.75) is 38.6 Å². The van der Waals surface area contributed by atoms with E-state index in [1.54, 1.807) is 0 Å². The zero-order valence-electron chi connectivity index (χ0n) is 9.58.